The summed E-state index contributed by atoms with van der Waals surface area (Å²) in [6.07, 6.45) is -23.2. The molecule has 0 bridgehead atoms. The van der Waals surface area contributed by atoms with Crippen molar-refractivity contribution < 1.29 is 84.2 Å². The second-order valence-corrected chi connectivity index (χ2v) is 11.2. The summed E-state index contributed by atoms with van der Waals surface area (Å²) in [6.45, 7) is 1.37. The Morgan fingerprint density at radius 2 is 1.10 bits per heavy atom. The summed E-state index contributed by atoms with van der Waals surface area (Å²) in [5.74, 6) is -0.606. The smallest absolute Gasteiger partial charge is 0.187 e. The first kappa shape index (κ1) is 34.2. The Hall–Kier alpha value is -0.680. The summed E-state index contributed by atoms with van der Waals surface area (Å²) in [4.78, 5) is 0. The maximum absolute atomic E-state index is 11.1. The average Bonchev–Trinajstić information content (AvgIpc) is 2.98. The number of hydrogen-bond donors (Lipinski definition) is 10. The van der Waals surface area contributed by atoms with E-state index in [1.807, 2.05) is 0 Å². The van der Waals surface area contributed by atoms with Crippen LogP contribution in [0, 0.1) is 5.92 Å². The van der Waals surface area contributed by atoms with Crippen LogP contribution in [-0.2, 0) is 33.2 Å². The molecule has 17 nitrogen and oxygen atoms in total. The molecule has 0 spiro atoms. The zero-order chi connectivity index (χ0) is 30.9. The van der Waals surface area contributed by atoms with Crippen molar-refractivity contribution in [2.45, 2.75) is 125 Å². The van der Waals surface area contributed by atoms with Crippen LogP contribution < -0.4 is 0 Å². The van der Waals surface area contributed by atoms with Crippen molar-refractivity contribution in [3.05, 3.63) is 0 Å². The van der Waals surface area contributed by atoms with Crippen molar-refractivity contribution in [2.24, 2.45) is 5.92 Å². The quantitative estimate of drug-likeness (QED) is 0.116. The van der Waals surface area contributed by atoms with Crippen LogP contribution in [0.2, 0.25) is 0 Å². The number of rotatable bonds is 9. The number of aliphatic hydroxyl groups excluding tert-OH is 10. The molecule has 0 aromatic rings. The van der Waals surface area contributed by atoms with Crippen LogP contribution in [0.1, 0.15) is 20.3 Å². The lowest BCUT2D eigenvalue weighted by Gasteiger charge is -2.48. The molecule has 4 aliphatic rings. The van der Waals surface area contributed by atoms with Gasteiger partial charge in [-0.25, -0.2) is 0 Å². The highest BCUT2D eigenvalue weighted by atomic mass is 16.8. The van der Waals surface area contributed by atoms with Crippen LogP contribution >= 0.6 is 0 Å². The van der Waals surface area contributed by atoms with Crippen molar-refractivity contribution in [1.82, 2.24) is 0 Å². The van der Waals surface area contributed by atoms with E-state index >= 15 is 0 Å². The third-order valence-corrected chi connectivity index (χ3v) is 8.39. The van der Waals surface area contributed by atoms with Gasteiger partial charge in [0.05, 0.1) is 38.1 Å². The predicted octanol–water partition coefficient (Wildman–Crippen LogP) is -5.74. The second-order valence-electron chi connectivity index (χ2n) is 11.2. The fourth-order valence-electron chi connectivity index (χ4n) is 5.66. The van der Waals surface area contributed by atoms with Gasteiger partial charge in [-0.15, -0.1) is 0 Å². The first-order valence-electron chi connectivity index (χ1n) is 14.1. The van der Waals surface area contributed by atoms with Gasteiger partial charge in [0.25, 0.3) is 0 Å². The van der Waals surface area contributed by atoms with Crippen LogP contribution in [0.25, 0.3) is 0 Å². The molecule has 4 saturated heterocycles. The van der Waals surface area contributed by atoms with E-state index in [1.165, 1.54) is 0 Å². The summed E-state index contributed by atoms with van der Waals surface area (Å²) in [5.41, 5.74) is 0. The van der Waals surface area contributed by atoms with Crippen LogP contribution in [0.3, 0.4) is 0 Å². The summed E-state index contributed by atoms with van der Waals surface area (Å²) in [5, 5.41) is 103. The van der Waals surface area contributed by atoms with Gasteiger partial charge < -0.3 is 84.2 Å². The molecule has 0 aromatic heterocycles. The fourth-order valence-corrected chi connectivity index (χ4v) is 5.66. The molecule has 4 rings (SSSR count). The van der Waals surface area contributed by atoms with Crippen LogP contribution in [0.5, 0.6) is 0 Å². The Balaban J connectivity index is 1.51. The van der Waals surface area contributed by atoms with Crippen molar-refractivity contribution >= 4 is 0 Å². The Labute approximate surface area is 241 Å². The molecule has 18 atom stereocenters. The predicted molar refractivity (Wildman–Crippen MR) is 133 cm³/mol. The fraction of sp³-hybridized carbons (Fsp3) is 1.00. The van der Waals surface area contributed by atoms with Gasteiger partial charge in [-0.2, -0.15) is 0 Å². The van der Waals surface area contributed by atoms with Gasteiger partial charge in [-0.05, 0) is 13.3 Å². The highest BCUT2D eigenvalue weighted by molar-refractivity contribution is 4.95. The minimum Gasteiger partial charge on any atom is -0.394 e. The maximum Gasteiger partial charge on any atom is 0.187 e. The second kappa shape index (κ2) is 14.6. The summed E-state index contributed by atoms with van der Waals surface area (Å²) < 4.78 is 39.9. The Morgan fingerprint density at radius 1 is 0.548 bits per heavy atom. The standard InChI is InChI=1S/C25H44O17/c1-8-14(29)9(2)37-23(15(8)30)41-21-10(3-4-36-13(21)7-28)38-25-20(35)22(17(32)12(6-27)40-25)42-24-19(34)18(33)16(31)11(5-26)39-24/h8-35H,3-7H2,1-2H3. The van der Waals surface area contributed by atoms with E-state index in [0.717, 1.165) is 0 Å². The summed E-state index contributed by atoms with van der Waals surface area (Å²) in [7, 11) is 0. The highest BCUT2D eigenvalue weighted by Gasteiger charge is 2.53. The van der Waals surface area contributed by atoms with Gasteiger partial charge in [-0.1, -0.05) is 6.92 Å². The summed E-state index contributed by atoms with van der Waals surface area (Å²) in [6, 6.07) is 0. The van der Waals surface area contributed by atoms with Gasteiger partial charge in [-0.3, -0.25) is 0 Å². The van der Waals surface area contributed by atoms with E-state index in [2.05, 4.69) is 0 Å². The van der Waals surface area contributed by atoms with Crippen molar-refractivity contribution in [3.8, 4) is 0 Å². The molecule has 0 saturated carbocycles. The zero-order valence-corrected chi connectivity index (χ0v) is 23.3. The highest BCUT2D eigenvalue weighted by Crippen LogP contribution is 2.34. The lowest BCUT2D eigenvalue weighted by atomic mass is 9.91. The molecule has 0 amide bonds. The third-order valence-electron chi connectivity index (χ3n) is 8.39. The number of ether oxygens (including phenoxy) is 7. The van der Waals surface area contributed by atoms with E-state index in [0.29, 0.717) is 0 Å². The van der Waals surface area contributed by atoms with Gasteiger partial charge in [0, 0.05) is 12.5 Å². The lowest BCUT2D eigenvalue weighted by molar-refractivity contribution is -0.374. The molecule has 0 radical (unpaired) electrons. The largest absolute Gasteiger partial charge is 0.394 e. The van der Waals surface area contributed by atoms with Crippen LogP contribution in [-0.4, -0.2) is 182 Å². The van der Waals surface area contributed by atoms with E-state index in [9.17, 15) is 51.1 Å². The van der Waals surface area contributed by atoms with Crippen molar-refractivity contribution in [2.75, 3.05) is 26.4 Å². The van der Waals surface area contributed by atoms with Crippen LogP contribution in [0.15, 0.2) is 0 Å². The van der Waals surface area contributed by atoms with Gasteiger partial charge in [0.15, 0.2) is 18.9 Å². The molecular weight excluding hydrogens is 572 g/mol. The number of aliphatic hydroxyl groups is 10. The Morgan fingerprint density at radius 3 is 1.71 bits per heavy atom. The Kier molecular flexibility index (Phi) is 11.9. The molecule has 246 valence electrons. The first-order valence-corrected chi connectivity index (χ1v) is 14.1. The third kappa shape index (κ3) is 6.92. The lowest BCUT2D eigenvalue weighted by Crippen LogP contribution is -2.65. The first-order chi connectivity index (χ1) is 19.9. The topological polar surface area (TPSA) is 267 Å². The normalized spacial score (nSPS) is 52.3. The molecule has 4 aliphatic heterocycles. The minimum absolute atomic E-state index is 0.106. The molecule has 0 aliphatic carbocycles. The molecule has 0 aromatic carbocycles. The van der Waals surface area contributed by atoms with Gasteiger partial charge in [0.2, 0.25) is 0 Å². The SMILES string of the molecule is CC1OC(OC2C(CO)OCCC2OC2OC(CO)C(O)C(OC3OC(CO)C(O)C(O)C3O)C2O)C(O)C(C)C1O. The molecule has 42 heavy (non-hydrogen) atoms. The maximum atomic E-state index is 11.1. The molecule has 10 N–H and O–H groups in total. The van der Waals surface area contributed by atoms with Crippen molar-refractivity contribution in [3.63, 3.8) is 0 Å². The molecule has 4 fully saturated rings. The molecule has 17 heteroatoms. The van der Waals surface area contributed by atoms with Gasteiger partial charge >= 0.3 is 0 Å². The monoisotopic (exact) mass is 616 g/mol. The minimum atomic E-state index is -1.83. The molecule has 18 unspecified atom stereocenters. The van der Waals surface area contributed by atoms with E-state index in [-0.39, 0.29) is 13.0 Å². The van der Waals surface area contributed by atoms with E-state index in [1.54, 1.807) is 13.8 Å². The van der Waals surface area contributed by atoms with Gasteiger partial charge in [0.1, 0.15) is 67.1 Å². The zero-order valence-electron chi connectivity index (χ0n) is 23.3. The Bertz CT molecular complexity index is 837. The van der Waals surface area contributed by atoms with E-state index < -0.39 is 130 Å². The van der Waals surface area contributed by atoms with Crippen molar-refractivity contribution in [1.29, 1.82) is 0 Å². The van der Waals surface area contributed by atoms with E-state index in [4.69, 9.17) is 33.2 Å². The van der Waals surface area contributed by atoms with Crippen LogP contribution in [0.4, 0.5) is 0 Å². The molecule has 4 heterocycles. The number of hydrogen-bond acceptors (Lipinski definition) is 17. The molecular formula is C25H44O17. The summed E-state index contributed by atoms with van der Waals surface area (Å²) >= 11 is 0. The average molecular weight is 617 g/mol.